The molecule has 0 saturated heterocycles. The lowest BCUT2D eigenvalue weighted by atomic mass is 10.1. The van der Waals surface area contributed by atoms with Gasteiger partial charge in [-0.25, -0.2) is 0 Å². The van der Waals surface area contributed by atoms with E-state index in [1.54, 1.807) is 19.3 Å². The van der Waals surface area contributed by atoms with Crippen LogP contribution in [0.5, 0.6) is 5.88 Å². The fraction of sp³-hybridized carbons (Fsp3) is 0.176. The molecule has 0 unspecified atom stereocenters. The van der Waals surface area contributed by atoms with Gasteiger partial charge in [0.05, 0.1) is 18.4 Å². The molecule has 25 heavy (non-hydrogen) atoms. The molecule has 1 aliphatic heterocycles. The number of fused-ring (bicyclic) bond motifs is 3. The zero-order chi connectivity index (χ0) is 17.4. The summed E-state index contributed by atoms with van der Waals surface area (Å²) in [5, 5.41) is 12.4. The van der Waals surface area contributed by atoms with Gasteiger partial charge < -0.3 is 19.4 Å². The Morgan fingerprint density at radius 3 is 3.04 bits per heavy atom. The van der Waals surface area contributed by atoms with Gasteiger partial charge in [-0.3, -0.25) is 9.78 Å². The molecule has 0 aliphatic carbocycles. The maximum absolute atomic E-state index is 12.3. The van der Waals surface area contributed by atoms with Crippen molar-refractivity contribution in [3.63, 3.8) is 0 Å². The molecule has 8 heteroatoms. The molecule has 1 amide bonds. The van der Waals surface area contributed by atoms with Gasteiger partial charge in [0.2, 0.25) is 0 Å². The second-order valence-corrected chi connectivity index (χ2v) is 5.48. The van der Waals surface area contributed by atoms with Gasteiger partial charge in [-0.05, 0) is 29.6 Å². The molecule has 4 rings (SSSR count). The molecule has 0 saturated carbocycles. The van der Waals surface area contributed by atoms with Crippen molar-refractivity contribution in [3.8, 4) is 5.88 Å². The van der Waals surface area contributed by atoms with Crippen LogP contribution in [0.25, 0.3) is 10.8 Å². The molecule has 0 radical (unpaired) electrons. The monoisotopic (exact) mass is 338 g/mol. The summed E-state index contributed by atoms with van der Waals surface area (Å²) in [4.78, 5) is 21.7. The van der Waals surface area contributed by atoms with Gasteiger partial charge in [0, 0.05) is 23.3 Å². The summed E-state index contributed by atoms with van der Waals surface area (Å²) >= 11 is 0. The molecule has 3 heterocycles. The summed E-state index contributed by atoms with van der Waals surface area (Å²) in [5.74, 6) is 0.594. The minimum Gasteiger partial charge on any atom is -0.479 e. The Labute approximate surface area is 142 Å². The number of rotatable bonds is 4. The first-order chi connectivity index (χ1) is 12.2. The Morgan fingerprint density at radius 1 is 1.32 bits per heavy atom. The van der Waals surface area contributed by atoms with Crippen molar-refractivity contribution in [2.24, 2.45) is 5.16 Å². The Kier molecular flexibility index (Phi) is 3.57. The first kappa shape index (κ1) is 15.1. The highest BCUT2D eigenvalue weighted by Gasteiger charge is 2.28. The van der Waals surface area contributed by atoms with E-state index in [-0.39, 0.29) is 18.2 Å². The highest BCUT2D eigenvalue weighted by atomic mass is 16.6. The van der Waals surface area contributed by atoms with Gasteiger partial charge in [0.15, 0.2) is 12.3 Å². The van der Waals surface area contributed by atoms with Crippen molar-refractivity contribution < 1.29 is 18.9 Å². The average Bonchev–Trinajstić information content (AvgIpc) is 3.15. The van der Waals surface area contributed by atoms with E-state index in [4.69, 9.17) is 14.1 Å². The van der Waals surface area contributed by atoms with Crippen LogP contribution in [0.4, 0.5) is 5.69 Å². The fourth-order valence-electron chi connectivity index (χ4n) is 2.73. The van der Waals surface area contributed by atoms with Gasteiger partial charge in [0.1, 0.15) is 5.76 Å². The fourth-order valence-corrected chi connectivity index (χ4v) is 2.73. The van der Waals surface area contributed by atoms with Crippen LogP contribution >= 0.6 is 0 Å². The molecule has 2 aromatic heterocycles. The van der Waals surface area contributed by atoms with Gasteiger partial charge in [-0.2, -0.15) is 0 Å². The summed E-state index contributed by atoms with van der Waals surface area (Å²) in [6.07, 6.45) is 3.42. The molecular weight excluding hydrogens is 324 g/mol. The van der Waals surface area contributed by atoms with Crippen LogP contribution in [-0.4, -0.2) is 28.9 Å². The van der Waals surface area contributed by atoms with Gasteiger partial charge in [-0.1, -0.05) is 11.2 Å². The van der Waals surface area contributed by atoms with E-state index in [2.05, 4.69) is 20.6 Å². The minimum atomic E-state index is -0.319. The average molecular weight is 338 g/mol. The molecule has 126 valence electrons. The normalized spacial score (nSPS) is 14.6. The van der Waals surface area contributed by atoms with Gasteiger partial charge in [-0.15, -0.1) is 0 Å². The molecule has 1 aromatic carbocycles. The van der Waals surface area contributed by atoms with Crippen LogP contribution in [0.3, 0.4) is 0 Å². The highest BCUT2D eigenvalue weighted by Crippen LogP contribution is 2.32. The van der Waals surface area contributed by atoms with E-state index >= 15 is 0 Å². The number of oxime groups is 1. The lowest BCUT2D eigenvalue weighted by molar-refractivity contribution is -0.110. The first-order valence-corrected chi connectivity index (χ1v) is 7.56. The number of aromatic nitrogens is 2. The quantitative estimate of drug-likeness (QED) is 0.734. The second kappa shape index (κ2) is 5.90. The number of anilines is 1. The summed E-state index contributed by atoms with van der Waals surface area (Å²) in [6, 6.07) is 5.64. The third kappa shape index (κ3) is 2.47. The summed E-state index contributed by atoms with van der Waals surface area (Å²) < 4.78 is 10.1. The van der Waals surface area contributed by atoms with Crippen LogP contribution in [-0.2, 0) is 16.2 Å². The lowest BCUT2D eigenvalue weighted by Gasteiger charge is -2.03. The topological polar surface area (TPSA) is 98.8 Å². The van der Waals surface area contributed by atoms with Gasteiger partial charge in [0.25, 0.3) is 11.8 Å². The van der Waals surface area contributed by atoms with E-state index in [1.165, 1.54) is 7.11 Å². The van der Waals surface area contributed by atoms with Crippen molar-refractivity contribution in [1.29, 1.82) is 0 Å². The third-order valence-corrected chi connectivity index (χ3v) is 4.04. The van der Waals surface area contributed by atoms with Crippen LogP contribution in [0.1, 0.15) is 16.9 Å². The number of amides is 1. The van der Waals surface area contributed by atoms with Crippen molar-refractivity contribution >= 4 is 28.1 Å². The number of ether oxygens (including phenoxy) is 1. The number of hydrogen-bond donors (Lipinski definition) is 1. The van der Waals surface area contributed by atoms with Crippen LogP contribution in [0.15, 0.2) is 40.3 Å². The Balaban J connectivity index is 1.64. The molecule has 1 aliphatic rings. The Hall–Kier alpha value is -3.42. The molecule has 0 bridgehead atoms. The maximum atomic E-state index is 12.3. The molecule has 3 aromatic rings. The summed E-state index contributed by atoms with van der Waals surface area (Å²) in [6.45, 7) is 1.83. The number of nitrogens with one attached hydrogen (secondary N) is 1. The van der Waals surface area contributed by atoms with E-state index in [0.717, 1.165) is 10.8 Å². The van der Waals surface area contributed by atoms with Crippen LogP contribution in [0, 0.1) is 6.92 Å². The van der Waals surface area contributed by atoms with E-state index in [1.807, 2.05) is 18.2 Å². The van der Waals surface area contributed by atoms with Crippen LogP contribution in [0.2, 0.25) is 0 Å². The molecule has 0 atom stereocenters. The minimum absolute atomic E-state index is 0.0831. The zero-order valence-electron chi connectivity index (χ0n) is 13.6. The number of pyridine rings is 1. The number of aryl methyl sites for hydroxylation is 1. The number of benzene rings is 1. The SMILES string of the molecule is COc1noc(C)c1CON=C1C(=O)Nc2c1ccc1ccncc21. The lowest BCUT2D eigenvalue weighted by Crippen LogP contribution is -2.14. The van der Waals surface area contributed by atoms with Crippen molar-refractivity contribution in [2.75, 3.05) is 12.4 Å². The Bertz CT molecular complexity index is 1010. The molecular formula is C17H14N4O4. The number of methoxy groups -OCH3 is 1. The number of carbonyl (C=O) groups is 1. The zero-order valence-corrected chi connectivity index (χ0v) is 13.6. The molecule has 0 fully saturated rings. The smallest absolute Gasteiger partial charge is 0.278 e. The highest BCUT2D eigenvalue weighted by molar-refractivity contribution is 6.54. The van der Waals surface area contributed by atoms with E-state index in [0.29, 0.717) is 28.5 Å². The van der Waals surface area contributed by atoms with Crippen molar-refractivity contribution in [3.05, 3.63) is 47.5 Å². The largest absolute Gasteiger partial charge is 0.479 e. The predicted octanol–water partition coefficient (Wildman–Crippen LogP) is 2.41. The molecule has 1 N–H and O–H groups in total. The molecule has 0 spiro atoms. The molecule has 8 nitrogen and oxygen atoms in total. The summed E-state index contributed by atoms with van der Waals surface area (Å²) in [5.41, 5.74) is 2.23. The van der Waals surface area contributed by atoms with E-state index < -0.39 is 0 Å². The number of nitrogens with zero attached hydrogens (tertiary/aromatic N) is 3. The standard InChI is InChI=1S/C17H14N4O4/c1-9-13(17(23-2)21-25-9)8-24-20-15-11-4-3-10-5-6-18-7-12(10)14(11)19-16(15)22/h3-7H,8H2,1-2H3,(H,19,20,22). The Morgan fingerprint density at radius 2 is 2.20 bits per heavy atom. The first-order valence-electron chi connectivity index (χ1n) is 7.56. The van der Waals surface area contributed by atoms with E-state index in [9.17, 15) is 4.79 Å². The predicted molar refractivity (Wildman–Crippen MR) is 89.5 cm³/mol. The third-order valence-electron chi connectivity index (χ3n) is 4.04. The second-order valence-electron chi connectivity index (χ2n) is 5.48. The maximum Gasteiger partial charge on any atom is 0.278 e. The number of carbonyl (C=O) groups excluding carboxylic acids is 1. The van der Waals surface area contributed by atoms with Gasteiger partial charge >= 0.3 is 0 Å². The summed E-state index contributed by atoms with van der Waals surface area (Å²) in [7, 11) is 1.49. The van der Waals surface area contributed by atoms with Crippen molar-refractivity contribution in [2.45, 2.75) is 13.5 Å². The number of hydrogen-bond acceptors (Lipinski definition) is 7. The van der Waals surface area contributed by atoms with Crippen LogP contribution < -0.4 is 10.1 Å². The van der Waals surface area contributed by atoms with Crippen molar-refractivity contribution in [1.82, 2.24) is 10.1 Å².